The van der Waals surface area contributed by atoms with Crippen molar-refractivity contribution in [2.45, 2.75) is 63.8 Å². The fourth-order valence-electron chi connectivity index (χ4n) is 7.45. The van der Waals surface area contributed by atoms with Gasteiger partial charge in [-0.25, -0.2) is 0 Å². The lowest BCUT2D eigenvalue weighted by atomic mass is 9.43. The van der Waals surface area contributed by atoms with Crippen LogP contribution in [-0.4, -0.2) is 22.4 Å². The van der Waals surface area contributed by atoms with Crippen molar-refractivity contribution < 1.29 is 9.53 Å². The Hall–Kier alpha value is -2.13. The van der Waals surface area contributed by atoms with Crippen LogP contribution in [0.3, 0.4) is 0 Å². The number of hydrogen-bond donors (Lipinski definition) is 0. The highest BCUT2D eigenvalue weighted by Crippen LogP contribution is 2.70. The van der Waals surface area contributed by atoms with E-state index < -0.39 is 5.72 Å². The highest BCUT2D eigenvalue weighted by atomic mass is 16.6. The lowest BCUT2D eigenvalue weighted by molar-refractivity contribution is -0.229. The molecule has 3 aliphatic carbocycles. The van der Waals surface area contributed by atoms with Crippen LogP contribution >= 0.6 is 0 Å². The number of nitrogens with zero attached hydrogens (tertiary/aromatic N) is 1. The lowest BCUT2D eigenvalue weighted by Crippen LogP contribution is -2.67. The third-order valence-electron chi connectivity index (χ3n) is 9.08. The van der Waals surface area contributed by atoms with Gasteiger partial charge in [-0.2, -0.15) is 0 Å². The Balaban J connectivity index is 1.43. The summed E-state index contributed by atoms with van der Waals surface area (Å²) in [7, 11) is 0. The van der Waals surface area contributed by atoms with Gasteiger partial charge in [0.25, 0.3) is 0 Å². The van der Waals surface area contributed by atoms with Crippen LogP contribution in [0.1, 0.15) is 51.2 Å². The first kappa shape index (κ1) is 18.6. The van der Waals surface area contributed by atoms with Gasteiger partial charge in [0, 0.05) is 17.9 Å². The third-order valence-corrected chi connectivity index (χ3v) is 9.08. The predicted molar refractivity (Wildman–Crippen MR) is 116 cm³/mol. The largest absolute Gasteiger partial charge is 0.343 e. The second kappa shape index (κ2) is 5.97. The Morgan fingerprint density at radius 2 is 1.63 bits per heavy atom. The zero-order valence-corrected chi connectivity index (χ0v) is 18.2. The van der Waals surface area contributed by atoms with Gasteiger partial charge in [-0.1, -0.05) is 74.5 Å². The molecule has 6 atom stereocenters. The van der Waals surface area contributed by atoms with Crippen molar-refractivity contribution in [3.05, 3.63) is 71.8 Å². The van der Waals surface area contributed by atoms with Crippen molar-refractivity contribution in [2.24, 2.45) is 23.2 Å². The van der Waals surface area contributed by atoms with Crippen molar-refractivity contribution in [3.8, 4) is 0 Å². The van der Waals surface area contributed by atoms with Gasteiger partial charge in [-0.3, -0.25) is 4.79 Å². The Morgan fingerprint density at radius 1 is 0.967 bits per heavy atom. The van der Waals surface area contributed by atoms with Crippen molar-refractivity contribution in [1.29, 1.82) is 0 Å². The number of amides is 1. The smallest absolute Gasteiger partial charge is 0.229 e. The molecule has 0 aromatic heterocycles. The van der Waals surface area contributed by atoms with E-state index in [0.717, 1.165) is 24.8 Å². The molecular weight excluding hydrogens is 370 g/mol. The summed E-state index contributed by atoms with van der Waals surface area (Å²) in [5, 5.41) is 0. The van der Waals surface area contributed by atoms with E-state index in [1.165, 1.54) is 12.0 Å². The molecule has 2 aromatic rings. The molecular formula is C27H31NO2. The molecule has 30 heavy (non-hydrogen) atoms. The molecule has 1 amide bonds. The maximum absolute atomic E-state index is 13.9. The van der Waals surface area contributed by atoms with E-state index in [1.807, 2.05) is 12.1 Å². The normalized spacial score (nSPS) is 40.6. The number of benzene rings is 2. The first-order valence-electron chi connectivity index (χ1n) is 11.5. The van der Waals surface area contributed by atoms with Crippen LogP contribution in [0, 0.1) is 23.2 Å². The van der Waals surface area contributed by atoms with E-state index in [-0.39, 0.29) is 23.5 Å². The molecule has 2 aromatic carbocycles. The fourth-order valence-corrected chi connectivity index (χ4v) is 7.45. The number of rotatable bonds is 3. The van der Waals surface area contributed by atoms with Crippen LogP contribution in [-0.2, 0) is 21.7 Å². The molecule has 0 spiro atoms. The van der Waals surface area contributed by atoms with Crippen LogP contribution in [0.2, 0.25) is 0 Å². The van der Waals surface area contributed by atoms with E-state index in [1.54, 1.807) is 0 Å². The molecule has 156 valence electrons. The SMILES string of the molecule is CC1(C)[C@H]2C[C@@H]3N4C(=O)[C@H](Cc5ccccc5)C[C@@]4(c4ccccc4)O[C@]3(C)[C@@H]1C2. The van der Waals surface area contributed by atoms with Crippen molar-refractivity contribution in [3.63, 3.8) is 0 Å². The summed E-state index contributed by atoms with van der Waals surface area (Å²) in [6, 6.07) is 21.1. The summed E-state index contributed by atoms with van der Waals surface area (Å²) < 4.78 is 7.18. The summed E-state index contributed by atoms with van der Waals surface area (Å²) in [4.78, 5) is 16.1. The number of carbonyl (C=O) groups excluding carboxylic acids is 1. The molecule has 3 nitrogen and oxygen atoms in total. The van der Waals surface area contributed by atoms with Crippen molar-refractivity contribution in [1.82, 2.24) is 4.90 Å². The summed E-state index contributed by atoms with van der Waals surface area (Å²) in [5.74, 6) is 1.47. The number of carbonyl (C=O) groups is 1. The van der Waals surface area contributed by atoms with Gasteiger partial charge in [-0.15, -0.1) is 0 Å². The van der Waals surface area contributed by atoms with Gasteiger partial charge >= 0.3 is 0 Å². The minimum Gasteiger partial charge on any atom is -0.343 e. The van der Waals surface area contributed by atoms with Crippen LogP contribution in [0.4, 0.5) is 0 Å². The standard InChI is InChI=1S/C27H31NO2/c1-25(2)21-15-22(25)26(3)23(16-21)28-24(29)19(14-18-10-6-4-7-11-18)17-27(28,30-26)20-12-8-5-9-13-20/h4-13,19,21-23H,14-17H2,1-3H3/t19-,21-,22-,23+,26-,27+/m1/s1. The maximum Gasteiger partial charge on any atom is 0.229 e. The minimum absolute atomic E-state index is 0.0246. The van der Waals surface area contributed by atoms with Gasteiger partial charge in [0.2, 0.25) is 5.91 Å². The monoisotopic (exact) mass is 401 g/mol. The van der Waals surface area contributed by atoms with E-state index in [9.17, 15) is 4.79 Å². The fraction of sp³-hybridized carbons (Fsp3) is 0.519. The summed E-state index contributed by atoms with van der Waals surface area (Å²) in [5.41, 5.74) is 1.79. The van der Waals surface area contributed by atoms with Gasteiger partial charge < -0.3 is 9.64 Å². The molecule has 0 unspecified atom stereocenters. The van der Waals surface area contributed by atoms with Crippen LogP contribution in [0.25, 0.3) is 0 Å². The zero-order chi connectivity index (χ0) is 20.7. The molecule has 2 aliphatic heterocycles. The van der Waals surface area contributed by atoms with Gasteiger partial charge in [0.05, 0.1) is 11.6 Å². The molecule has 2 saturated heterocycles. The quantitative estimate of drug-likeness (QED) is 0.711. The molecule has 3 heteroatoms. The Morgan fingerprint density at radius 3 is 2.30 bits per heavy atom. The average Bonchev–Trinajstić information content (AvgIpc) is 3.17. The summed E-state index contributed by atoms with van der Waals surface area (Å²) in [6.45, 7) is 7.09. The zero-order valence-electron chi connectivity index (χ0n) is 18.2. The van der Waals surface area contributed by atoms with Gasteiger partial charge in [0.1, 0.15) is 0 Å². The predicted octanol–water partition coefficient (Wildman–Crippen LogP) is 5.15. The van der Waals surface area contributed by atoms with E-state index >= 15 is 0 Å². The third kappa shape index (κ3) is 2.22. The Kier molecular flexibility index (Phi) is 3.71. The molecule has 2 bridgehead atoms. The topological polar surface area (TPSA) is 29.5 Å². The number of hydrogen-bond acceptors (Lipinski definition) is 2. The average molecular weight is 402 g/mol. The van der Waals surface area contributed by atoms with Crippen molar-refractivity contribution >= 4 is 5.91 Å². The molecule has 5 fully saturated rings. The van der Waals surface area contributed by atoms with Gasteiger partial charge in [-0.05, 0) is 49.0 Å². The maximum atomic E-state index is 13.9. The highest BCUT2D eigenvalue weighted by molar-refractivity contribution is 5.84. The van der Waals surface area contributed by atoms with E-state index in [2.05, 4.69) is 74.2 Å². The molecule has 5 aliphatic rings. The Bertz CT molecular complexity index is 986. The summed E-state index contributed by atoms with van der Waals surface area (Å²) in [6.07, 6.45) is 3.84. The first-order chi connectivity index (χ1) is 14.4. The molecule has 7 rings (SSSR count). The molecule has 2 heterocycles. The first-order valence-corrected chi connectivity index (χ1v) is 11.5. The van der Waals surface area contributed by atoms with E-state index in [0.29, 0.717) is 17.3 Å². The van der Waals surface area contributed by atoms with Crippen LogP contribution < -0.4 is 0 Å². The van der Waals surface area contributed by atoms with Crippen LogP contribution in [0.5, 0.6) is 0 Å². The minimum atomic E-state index is -0.620. The lowest BCUT2D eigenvalue weighted by Gasteiger charge is -2.65. The second-order valence-electron chi connectivity index (χ2n) is 10.8. The molecule has 0 radical (unpaired) electrons. The highest BCUT2D eigenvalue weighted by Gasteiger charge is 2.75. The molecule has 3 saturated carbocycles. The van der Waals surface area contributed by atoms with Gasteiger partial charge in [0.15, 0.2) is 5.72 Å². The van der Waals surface area contributed by atoms with E-state index in [4.69, 9.17) is 4.74 Å². The van der Waals surface area contributed by atoms with Crippen molar-refractivity contribution in [2.75, 3.05) is 0 Å². The second-order valence-corrected chi connectivity index (χ2v) is 10.8. The van der Waals surface area contributed by atoms with Crippen LogP contribution in [0.15, 0.2) is 60.7 Å². The number of ether oxygens (including phenoxy) is 1. The molecule has 0 N–H and O–H groups in total. The Labute approximate surface area is 179 Å². The summed E-state index contributed by atoms with van der Waals surface area (Å²) >= 11 is 0. The number of fused-ring (bicyclic) bond motifs is 1.